The first-order valence-corrected chi connectivity index (χ1v) is 6.97. The molecular weight excluding hydrogens is 230 g/mol. The maximum Gasteiger partial charge on any atom is 0.103 e. The quantitative estimate of drug-likeness (QED) is 0.813. The minimum atomic E-state index is 0.208. The number of nitrogens with two attached hydrogens (primary N) is 1. The monoisotopic (exact) mass is 247 g/mol. The first-order chi connectivity index (χ1) is 8.17. The molecule has 4 heteroatoms. The van der Waals surface area contributed by atoms with Gasteiger partial charge in [0.25, 0.3) is 0 Å². The third-order valence-corrected chi connectivity index (χ3v) is 4.13. The van der Waals surface area contributed by atoms with Crippen LogP contribution in [-0.4, -0.2) is 25.4 Å². The van der Waals surface area contributed by atoms with Gasteiger partial charge in [-0.1, -0.05) is 13.0 Å². The second-order valence-electron chi connectivity index (χ2n) is 4.51. The molecule has 90 valence electrons. The van der Waals surface area contributed by atoms with Crippen LogP contribution in [0.2, 0.25) is 0 Å². The summed E-state index contributed by atoms with van der Waals surface area (Å²) in [7, 11) is 0. The van der Waals surface area contributed by atoms with E-state index in [-0.39, 0.29) is 6.04 Å². The number of nitrogens with zero attached hydrogens (tertiary/aromatic N) is 2. The van der Waals surface area contributed by atoms with E-state index in [1.165, 1.54) is 0 Å². The molecular formula is C13H17N3S. The topological polar surface area (TPSA) is 53.0 Å². The maximum atomic E-state index is 9.30. The molecule has 2 N–H and O–H groups in total. The summed E-state index contributed by atoms with van der Waals surface area (Å²) in [6.45, 7) is 3.94. The van der Waals surface area contributed by atoms with Crippen LogP contribution in [0.1, 0.15) is 12.5 Å². The zero-order valence-electron chi connectivity index (χ0n) is 10.2. The van der Waals surface area contributed by atoms with Crippen LogP contribution < -0.4 is 10.6 Å². The van der Waals surface area contributed by atoms with Gasteiger partial charge in [0.05, 0.1) is 11.3 Å². The Balaban J connectivity index is 2.37. The average Bonchev–Trinajstić information content (AvgIpc) is 2.68. The highest BCUT2D eigenvalue weighted by molar-refractivity contribution is 7.98. The summed E-state index contributed by atoms with van der Waals surface area (Å²) in [5, 5.41) is 9.30. The van der Waals surface area contributed by atoms with Crippen molar-refractivity contribution in [1.29, 1.82) is 5.26 Å². The van der Waals surface area contributed by atoms with Gasteiger partial charge in [0, 0.05) is 24.0 Å². The lowest BCUT2D eigenvalue weighted by Crippen LogP contribution is -2.28. The second kappa shape index (κ2) is 4.99. The summed E-state index contributed by atoms with van der Waals surface area (Å²) in [5.41, 5.74) is 7.84. The summed E-state index contributed by atoms with van der Waals surface area (Å²) < 4.78 is 0. The van der Waals surface area contributed by atoms with Crippen LogP contribution in [0.5, 0.6) is 0 Å². The van der Waals surface area contributed by atoms with Crippen molar-refractivity contribution in [2.24, 2.45) is 11.7 Å². The highest BCUT2D eigenvalue weighted by Gasteiger charge is 2.28. The van der Waals surface area contributed by atoms with Gasteiger partial charge in [-0.05, 0) is 24.3 Å². The normalized spacial score (nSPS) is 23.8. The van der Waals surface area contributed by atoms with E-state index in [4.69, 9.17) is 5.73 Å². The van der Waals surface area contributed by atoms with E-state index in [1.54, 1.807) is 11.8 Å². The molecule has 0 bridgehead atoms. The molecule has 0 spiro atoms. The van der Waals surface area contributed by atoms with Crippen molar-refractivity contribution in [1.82, 2.24) is 0 Å². The minimum absolute atomic E-state index is 0.208. The molecule has 1 heterocycles. The molecule has 0 aliphatic carbocycles. The molecule has 1 aliphatic heterocycles. The fraction of sp³-hybridized carbons (Fsp3) is 0.462. The summed E-state index contributed by atoms with van der Waals surface area (Å²) in [5.74, 6) is 0.486. The molecule has 1 aliphatic rings. The van der Waals surface area contributed by atoms with E-state index in [2.05, 4.69) is 17.9 Å². The molecule has 0 radical (unpaired) electrons. The van der Waals surface area contributed by atoms with Gasteiger partial charge < -0.3 is 10.6 Å². The van der Waals surface area contributed by atoms with Gasteiger partial charge in [0.1, 0.15) is 6.07 Å². The maximum absolute atomic E-state index is 9.30. The van der Waals surface area contributed by atoms with Crippen molar-refractivity contribution in [2.45, 2.75) is 17.9 Å². The standard InChI is InChI=1S/C13H17N3S/c1-9-7-16(8-11(9)15)12-4-3-5-13(17-2)10(12)6-14/h3-5,9,11H,7-8,15H2,1-2H3. The Morgan fingerprint density at radius 2 is 2.24 bits per heavy atom. The van der Waals surface area contributed by atoms with Gasteiger partial charge in [0.15, 0.2) is 0 Å². The zero-order chi connectivity index (χ0) is 12.4. The molecule has 2 atom stereocenters. The Kier molecular flexibility index (Phi) is 3.60. The van der Waals surface area contributed by atoms with Gasteiger partial charge in [0.2, 0.25) is 0 Å². The Labute approximate surface area is 107 Å². The predicted molar refractivity (Wildman–Crippen MR) is 72.3 cm³/mol. The molecule has 2 rings (SSSR count). The molecule has 17 heavy (non-hydrogen) atoms. The van der Waals surface area contributed by atoms with Gasteiger partial charge in [-0.3, -0.25) is 0 Å². The number of benzene rings is 1. The van der Waals surface area contributed by atoms with Crippen molar-refractivity contribution in [3.8, 4) is 6.07 Å². The summed E-state index contributed by atoms with van der Waals surface area (Å²) in [4.78, 5) is 3.27. The molecule has 1 fully saturated rings. The zero-order valence-corrected chi connectivity index (χ0v) is 11.0. The van der Waals surface area contributed by atoms with Crippen molar-refractivity contribution >= 4 is 17.4 Å². The van der Waals surface area contributed by atoms with E-state index < -0.39 is 0 Å². The van der Waals surface area contributed by atoms with Crippen molar-refractivity contribution in [2.75, 3.05) is 24.2 Å². The molecule has 1 aromatic rings. The van der Waals surface area contributed by atoms with Crippen LogP contribution in [0, 0.1) is 17.2 Å². The van der Waals surface area contributed by atoms with Crippen LogP contribution in [0.25, 0.3) is 0 Å². The third-order valence-electron chi connectivity index (χ3n) is 3.35. The Bertz CT molecular complexity index is 442. The van der Waals surface area contributed by atoms with Crippen LogP contribution >= 0.6 is 11.8 Å². The number of thioether (sulfide) groups is 1. The number of nitriles is 1. The molecule has 1 aromatic carbocycles. The Hall–Kier alpha value is -1.18. The van der Waals surface area contributed by atoms with Crippen molar-refractivity contribution in [3.63, 3.8) is 0 Å². The summed E-state index contributed by atoms with van der Waals surface area (Å²) in [6.07, 6.45) is 2.00. The highest BCUT2D eigenvalue weighted by Crippen LogP contribution is 2.31. The van der Waals surface area contributed by atoms with Gasteiger partial charge >= 0.3 is 0 Å². The van der Waals surface area contributed by atoms with Crippen LogP contribution in [0.15, 0.2) is 23.1 Å². The molecule has 3 nitrogen and oxygen atoms in total. The van der Waals surface area contributed by atoms with E-state index in [0.29, 0.717) is 5.92 Å². The Morgan fingerprint density at radius 3 is 2.76 bits per heavy atom. The fourth-order valence-electron chi connectivity index (χ4n) is 2.25. The lowest BCUT2D eigenvalue weighted by Gasteiger charge is -2.20. The van der Waals surface area contributed by atoms with Gasteiger partial charge in [-0.15, -0.1) is 11.8 Å². The van der Waals surface area contributed by atoms with E-state index in [9.17, 15) is 5.26 Å². The van der Waals surface area contributed by atoms with E-state index in [0.717, 1.165) is 29.2 Å². The van der Waals surface area contributed by atoms with E-state index in [1.807, 2.05) is 24.5 Å². The average molecular weight is 247 g/mol. The number of hydrogen-bond donors (Lipinski definition) is 1. The van der Waals surface area contributed by atoms with Gasteiger partial charge in [-0.25, -0.2) is 0 Å². The number of anilines is 1. The first kappa shape index (κ1) is 12.3. The lowest BCUT2D eigenvalue weighted by atomic mass is 10.1. The van der Waals surface area contributed by atoms with Crippen LogP contribution in [-0.2, 0) is 0 Å². The molecule has 2 unspecified atom stereocenters. The SMILES string of the molecule is CSc1cccc(N2CC(C)C(N)C2)c1C#N. The summed E-state index contributed by atoms with van der Waals surface area (Å²) >= 11 is 1.61. The lowest BCUT2D eigenvalue weighted by molar-refractivity contribution is 0.566. The number of rotatable bonds is 2. The van der Waals surface area contributed by atoms with Crippen molar-refractivity contribution < 1.29 is 0 Å². The van der Waals surface area contributed by atoms with Crippen LogP contribution in [0.4, 0.5) is 5.69 Å². The van der Waals surface area contributed by atoms with Crippen LogP contribution in [0.3, 0.4) is 0 Å². The van der Waals surface area contributed by atoms with E-state index >= 15 is 0 Å². The fourth-order valence-corrected chi connectivity index (χ4v) is 2.82. The minimum Gasteiger partial charge on any atom is -0.369 e. The third kappa shape index (κ3) is 2.26. The summed E-state index contributed by atoms with van der Waals surface area (Å²) in [6, 6.07) is 8.55. The number of hydrogen-bond acceptors (Lipinski definition) is 4. The first-order valence-electron chi connectivity index (χ1n) is 5.75. The predicted octanol–water partition coefficient (Wildman–Crippen LogP) is 2.06. The highest BCUT2D eigenvalue weighted by atomic mass is 32.2. The largest absolute Gasteiger partial charge is 0.369 e. The van der Waals surface area contributed by atoms with Crippen molar-refractivity contribution in [3.05, 3.63) is 23.8 Å². The second-order valence-corrected chi connectivity index (χ2v) is 5.36. The molecule has 0 amide bonds. The Morgan fingerprint density at radius 1 is 1.47 bits per heavy atom. The van der Waals surface area contributed by atoms with Gasteiger partial charge in [-0.2, -0.15) is 5.26 Å². The molecule has 0 saturated carbocycles. The molecule has 1 saturated heterocycles. The smallest absolute Gasteiger partial charge is 0.103 e. The molecule has 0 aromatic heterocycles.